The van der Waals surface area contributed by atoms with Gasteiger partial charge in [0.15, 0.2) is 0 Å². The second-order valence-electron chi connectivity index (χ2n) is 8.44. The molecule has 0 bridgehead atoms. The van der Waals surface area contributed by atoms with Crippen molar-refractivity contribution < 1.29 is 14.3 Å². The minimum Gasteiger partial charge on any atom is -0.376 e. The van der Waals surface area contributed by atoms with Crippen LogP contribution < -0.4 is 10.6 Å². The first-order valence-corrected chi connectivity index (χ1v) is 10.8. The largest absolute Gasteiger partial charge is 0.376 e. The van der Waals surface area contributed by atoms with Crippen LogP contribution in [0.5, 0.6) is 0 Å². The van der Waals surface area contributed by atoms with Crippen molar-refractivity contribution in [3.63, 3.8) is 0 Å². The highest BCUT2D eigenvalue weighted by Gasteiger charge is 2.20. The van der Waals surface area contributed by atoms with Gasteiger partial charge in [-0.05, 0) is 55.4 Å². The molecule has 30 heavy (non-hydrogen) atoms. The van der Waals surface area contributed by atoms with Gasteiger partial charge in [-0.15, -0.1) is 0 Å². The molecule has 1 fully saturated rings. The summed E-state index contributed by atoms with van der Waals surface area (Å²) in [5.74, 6) is -0.0568. The lowest BCUT2D eigenvalue weighted by Crippen LogP contribution is -2.32. The fourth-order valence-corrected chi connectivity index (χ4v) is 3.70. The molecule has 2 aromatic rings. The summed E-state index contributed by atoms with van der Waals surface area (Å²) < 4.78 is 5.56. The van der Waals surface area contributed by atoms with Gasteiger partial charge in [0.05, 0.1) is 23.3 Å². The maximum absolute atomic E-state index is 12.9. The summed E-state index contributed by atoms with van der Waals surface area (Å²) in [6, 6.07) is 15.3. The summed E-state index contributed by atoms with van der Waals surface area (Å²) in [7, 11) is 0. The van der Waals surface area contributed by atoms with Crippen LogP contribution in [-0.4, -0.2) is 31.1 Å². The Balaban J connectivity index is 1.63. The normalized spacial score (nSPS) is 17.0. The Bertz CT molecular complexity index is 855. The van der Waals surface area contributed by atoms with Crippen molar-refractivity contribution in [3.05, 3.63) is 65.2 Å². The molecule has 5 heteroatoms. The fourth-order valence-electron chi connectivity index (χ4n) is 3.70. The molecule has 0 radical (unpaired) electrons. The van der Waals surface area contributed by atoms with Crippen LogP contribution in [0.1, 0.15) is 61.0 Å². The van der Waals surface area contributed by atoms with Gasteiger partial charge < -0.3 is 15.4 Å². The van der Waals surface area contributed by atoms with Gasteiger partial charge in [-0.2, -0.15) is 0 Å². The molecule has 1 aliphatic rings. The number of amides is 2. The summed E-state index contributed by atoms with van der Waals surface area (Å²) >= 11 is 0. The third-order valence-electron chi connectivity index (χ3n) is 5.46. The Morgan fingerprint density at radius 1 is 1.07 bits per heavy atom. The van der Waals surface area contributed by atoms with E-state index in [0.717, 1.165) is 31.4 Å². The lowest BCUT2D eigenvalue weighted by molar-refractivity contribution is -0.117. The van der Waals surface area contributed by atoms with Crippen LogP contribution in [0.3, 0.4) is 0 Å². The highest BCUT2D eigenvalue weighted by atomic mass is 16.5. The second kappa shape index (κ2) is 10.4. The zero-order valence-corrected chi connectivity index (χ0v) is 18.1. The van der Waals surface area contributed by atoms with Crippen molar-refractivity contribution in [1.82, 2.24) is 5.32 Å². The molecule has 2 N–H and O–H groups in total. The van der Waals surface area contributed by atoms with E-state index in [2.05, 4.69) is 36.6 Å². The smallest absolute Gasteiger partial charge is 0.253 e. The Morgan fingerprint density at radius 3 is 2.47 bits per heavy atom. The van der Waals surface area contributed by atoms with Crippen molar-refractivity contribution in [2.75, 3.05) is 18.5 Å². The highest BCUT2D eigenvalue weighted by molar-refractivity contribution is 6.05. The van der Waals surface area contributed by atoms with Crippen molar-refractivity contribution in [2.24, 2.45) is 5.92 Å². The number of hydrogen-bond donors (Lipinski definition) is 2. The molecule has 1 aliphatic heterocycles. The van der Waals surface area contributed by atoms with Gasteiger partial charge in [0, 0.05) is 13.2 Å². The molecule has 1 heterocycles. The number of hydrogen-bond acceptors (Lipinski definition) is 3. The predicted molar refractivity (Wildman–Crippen MR) is 120 cm³/mol. The minimum absolute atomic E-state index is 0.0781. The minimum atomic E-state index is -0.318. The number of carbonyl (C=O) groups is 2. The van der Waals surface area contributed by atoms with Gasteiger partial charge in [0.2, 0.25) is 5.91 Å². The molecule has 1 saturated heterocycles. The van der Waals surface area contributed by atoms with Crippen LogP contribution in [0.4, 0.5) is 5.69 Å². The lowest BCUT2D eigenvalue weighted by Gasteiger charge is -2.16. The van der Waals surface area contributed by atoms with Gasteiger partial charge in [0.25, 0.3) is 5.91 Å². The van der Waals surface area contributed by atoms with Gasteiger partial charge in [-0.25, -0.2) is 0 Å². The number of anilines is 1. The fraction of sp³-hybridized carbons (Fsp3) is 0.440. The van der Waals surface area contributed by atoms with E-state index in [4.69, 9.17) is 4.74 Å². The summed E-state index contributed by atoms with van der Waals surface area (Å²) in [6.07, 6.45) is 3.10. The van der Waals surface area contributed by atoms with Gasteiger partial charge in [-0.3, -0.25) is 9.59 Å². The first-order chi connectivity index (χ1) is 14.4. The quantitative estimate of drug-likeness (QED) is 0.674. The van der Waals surface area contributed by atoms with Crippen molar-refractivity contribution in [3.8, 4) is 0 Å². The number of ether oxygens (including phenoxy) is 1. The Hall–Kier alpha value is -2.66. The molecule has 3 rings (SSSR count). The summed E-state index contributed by atoms with van der Waals surface area (Å²) in [5.41, 5.74) is 3.22. The maximum atomic E-state index is 12.9. The zero-order valence-electron chi connectivity index (χ0n) is 18.1. The monoisotopic (exact) mass is 408 g/mol. The summed E-state index contributed by atoms with van der Waals surface area (Å²) in [5, 5.41) is 5.86. The molecule has 0 spiro atoms. The summed E-state index contributed by atoms with van der Waals surface area (Å²) in [4.78, 5) is 25.5. The third kappa shape index (κ3) is 5.92. The highest BCUT2D eigenvalue weighted by Crippen LogP contribution is 2.22. The van der Waals surface area contributed by atoms with E-state index in [0.29, 0.717) is 23.7 Å². The van der Waals surface area contributed by atoms with E-state index in [1.54, 1.807) is 18.2 Å². The van der Waals surface area contributed by atoms with Crippen molar-refractivity contribution in [2.45, 2.75) is 52.1 Å². The number of rotatable bonds is 8. The van der Waals surface area contributed by atoms with E-state index in [1.807, 2.05) is 25.1 Å². The first-order valence-electron chi connectivity index (χ1n) is 10.8. The first kappa shape index (κ1) is 22.0. The SMILES string of the molecule is CC(C)Cc1ccc(C(C)C(=O)Nc2ccccc2C(=O)NCC2CCCO2)cc1. The Kier molecular flexibility index (Phi) is 7.63. The standard InChI is InChI=1S/C25H32N2O3/c1-17(2)15-19-10-12-20(13-11-19)18(3)24(28)27-23-9-5-4-8-22(23)25(29)26-16-21-7-6-14-30-21/h4-5,8-13,17-18,21H,6-7,14-16H2,1-3H3,(H,26,29)(H,27,28). The van der Waals surface area contributed by atoms with E-state index >= 15 is 0 Å². The second-order valence-corrected chi connectivity index (χ2v) is 8.44. The van der Waals surface area contributed by atoms with E-state index in [9.17, 15) is 9.59 Å². The average Bonchev–Trinajstić information content (AvgIpc) is 3.25. The molecule has 0 aromatic heterocycles. The molecule has 2 atom stereocenters. The van der Waals surface area contributed by atoms with Crippen LogP contribution in [0.25, 0.3) is 0 Å². The number of nitrogens with one attached hydrogen (secondary N) is 2. The maximum Gasteiger partial charge on any atom is 0.253 e. The molecule has 2 amide bonds. The van der Waals surface area contributed by atoms with Crippen molar-refractivity contribution in [1.29, 1.82) is 0 Å². The Morgan fingerprint density at radius 2 is 1.80 bits per heavy atom. The molecule has 160 valence electrons. The topological polar surface area (TPSA) is 67.4 Å². The van der Waals surface area contributed by atoms with Gasteiger partial charge >= 0.3 is 0 Å². The number of benzene rings is 2. The average molecular weight is 409 g/mol. The lowest BCUT2D eigenvalue weighted by atomic mass is 9.96. The number of carbonyl (C=O) groups excluding carboxylic acids is 2. The molecule has 5 nitrogen and oxygen atoms in total. The van der Waals surface area contributed by atoms with Crippen molar-refractivity contribution >= 4 is 17.5 Å². The molecular weight excluding hydrogens is 376 g/mol. The third-order valence-corrected chi connectivity index (χ3v) is 5.46. The van der Waals surface area contributed by atoms with Crippen LogP contribution >= 0.6 is 0 Å². The zero-order chi connectivity index (χ0) is 21.5. The van der Waals surface area contributed by atoms with E-state index < -0.39 is 0 Å². The molecule has 0 saturated carbocycles. The molecule has 2 unspecified atom stereocenters. The molecule has 0 aliphatic carbocycles. The van der Waals surface area contributed by atoms with Crippen LogP contribution in [0, 0.1) is 5.92 Å². The number of para-hydroxylation sites is 1. The molecular formula is C25H32N2O3. The van der Waals surface area contributed by atoms with Gasteiger partial charge in [0.1, 0.15) is 0 Å². The Labute approximate surface area is 179 Å². The van der Waals surface area contributed by atoms with E-state index in [-0.39, 0.29) is 23.8 Å². The van der Waals surface area contributed by atoms with E-state index in [1.165, 1.54) is 5.56 Å². The molecule has 2 aromatic carbocycles. The van der Waals surface area contributed by atoms with Crippen LogP contribution in [0.2, 0.25) is 0 Å². The van der Waals surface area contributed by atoms with Gasteiger partial charge in [-0.1, -0.05) is 50.2 Å². The van der Waals surface area contributed by atoms with Crippen LogP contribution in [0.15, 0.2) is 48.5 Å². The summed E-state index contributed by atoms with van der Waals surface area (Å²) in [6.45, 7) is 7.51. The predicted octanol–water partition coefficient (Wildman–Crippen LogP) is 4.54. The van der Waals surface area contributed by atoms with Crippen LogP contribution in [-0.2, 0) is 16.0 Å².